The van der Waals surface area contributed by atoms with Crippen LogP contribution >= 0.6 is 0 Å². The molecule has 3 fully saturated rings. The summed E-state index contributed by atoms with van der Waals surface area (Å²) >= 11 is 0. The number of nitrogens with two attached hydrogens (primary N) is 5. The fourth-order valence-electron chi connectivity index (χ4n) is 11.2. The predicted octanol–water partition coefficient (Wildman–Crippen LogP) is -1.11. The number of benzene rings is 1. The van der Waals surface area contributed by atoms with Gasteiger partial charge in [0.2, 0.25) is 17.7 Å². The van der Waals surface area contributed by atoms with Crippen molar-refractivity contribution in [3.63, 3.8) is 0 Å². The highest BCUT2D eigenvalue weighted by molar-refractivity contribution is 5.88. The largest absolute Gasteiger partial charge is 0.397 e. The number of hydrogen-bond donors (Lipinski definition) is 14. The van der Waals surface area contributed by atoms with Crippen LogP contribution in [0.2, 0.25) is 0 Å². The fraction of sp³-hybridized carbons (Fsp3) is 0.534. The summed E-state index contributed by atoms with van der Waals surface area (Å²) in [5, 5.41) is 69.8. The number of halogens is 1. The number of rotatable bonds is 25. The van der Waals surface area contributed by atoms with Gasteiger partial charge in [-0.15, -0.1) is 0 Å². The molecule has 91 heavy (non-hydrogen) atoms. The zero-order valence-corrected chi connectivity index (χ0v) is 50.8. The Morgan fingerprint density at radius 3 is 1.74 bits per heavy atom. The highest BCUT2D eigenvalue weighted by Gasteiger charge is 2.51. The minimum Gasteiger partial charge on any atom is -0.397 e. The number of nitrogen functional groups attached to an aromatic ring is 3. The van der Waals surface area contributed by atoms with E-state index in [1.54, 1.807) is 52.1 Å². The van der Waals surface area contributed by atoms with Gasteiger partial charge < -0.3 is 98.5 Å². The lowest BCUT2D eigenvalue weighted by Crippen LogP contribution is -2.54. The second-order valence-corrected chi connectivity index (χ2v) is 22.1. The number of aliphatic hydroxyl groups excluding tert-OH is 6. The van der Waals surface area contributed by atoms with Crippen LogP contribution in [0.1, 0.15) is 83.5 Å². The first kappa shape index (κ1) is 69.2. The number of nitrogens with zero attached hydrogens (tertiary/aromatic N) is 10. The number of pyridine rings is 3. The van der Waals surface area contributed by atoms with E-state index in [-0.39, 0.29) is 48.6 Å². The molecule has 0 spiro atoms. The summed E-state index contributed by atoms with van der Waals surface area (Å²) in [4.78, 5) is 65.9. The van der Waals surface area contributed by atoms with Crippen LogP contribution in [-0.2, 0) is 44.6 Å². The third kappa shape index (κ3) is 15.4. The highest BCUT2D eigenvalue weighted by atomic mass is 19.1. The number of nitrogens with one attached hydrogen (secondary N) is 3. The molecule has 0 aliphatic carbocycles. The Morgan fingerprint density at radius 2 is 1.18 bits per heavy atom. The van der Waals surface area contributed by atoms with Gasteiger partial charge in [-0.1, -0.05) is 46.1 Å². The molecule has 0 bridgehead atoms. The minimum absolute atomic E-state index is 0.0860. The van der Waals surface area contributed by atoms with Gasteiger partial charge in [0.1, 0.15) is 89.4 Å². The molecule has 0 saturated carbocycles. The van der Waals surface area contributed by atoms with Crippen LogP contribution in [0.5, 0.6) is 0 Å². The van der Waals surface area contributed by atoms with E-state index in [1.165, 1.54) is 47.7 Å². The molecule has 19 N–H and O–H groups in total. The molecule has 3 saturated heterocycles. The smallest absolute Gasteiger partial charge is 0.240 e. The van der Waals surface area contributed by atoms with Gasteiger partial charge in [0.25, 0.3) is 0 Å². The van der Waals surface area contributed by atoms with Crippen LogP contribution in [0.25, 0.3) is 33.4 Å². The minimum atomic E-state index is -1.21. The molecule has 3 amide bonds. The molecule has 6 unspecified atom stereocenters. The Kier molecular flexibility index (Phi) is 24.3. The van der Waals surface area contributed by atoms with Crippen molar-refractivity contribution >= 4 is 68.1 Å². The van der Waals surface area contributed by atoms with E-state index in [4.69, 9.17) is 52.4 Å². The number of aliphatic hydroxyl groups is 6. The molecular formula is C58H83FN18O14. The molecule has 3 aliphatic rings. The van der Waals surface area contributed by atoms with E-state index in [0.29, 0.717) is 53.0 Å². The highest BCUT2D eigenvalue weighted by Crippen LogP contribution is 2.38. The van der Waals surface area contributed by atoms with Crippen molar-refractivity contribution in [3.8, 4) is 0 Å². The average molecular weight is 1280 g/mol. The zero-order valence-electron chi connectivity index (χ0n) is 50.8. The molecule has 3 aliphatic heterocycles. The van der Waals surface area contributed by atoms with Crippen LogP contribution in [0.15, 0.2) is 80.2 Å². The maximum atomic E-state index is 14.4. The van der Waals surface area contributed by atoms with Crippen molar-refractivity contribution in [1.29, 1.82) is 0 Å². The molecule has 9 heterocycles. The standard InChI is InChI=1S/C22H29N7O4.C19H30N6O6.C17H24FN5O4/c1-2-4-15(24)21(32)28(10-13-5-3-7-25-9-13)18-19(31)16(11-30)33-22(18)29-12-27-17-14(23)6-8-26-20(17)29;1-3-4-12(23-9-30-10-29-2)18(28)24-15-16(27)13(7-26)31-19(15)25-8-22-14-11(20)5-6-21-17(14)25;1-2-3-10(20)16(26)22-13-15(25)11(6-24)27-17(13)23-7-21-12-9(19)5-4-8(18)14(12)23/h3,5-9,12,15-16,18-19,22,30-31H,2,4,10-11,24H2,1H3,(H2,23,26);5-6,8,12-13,15-16,19,23,26-27H,3-4,7,9-10H2,1-2H3,(H2,20,21)(H,24,28);4-5,7,10-11,13,15,17,24-25H,2-3,6,19-20H2,1H3,(H,22,26)/t15?,16-,18+,19?,22-;12?,13-,15+,16?,19-;10?,11-,13+,15?,17-/m111/s1. The lowest BCUT2D eigenvalue weighted by atomic mass is 10.0. The van der Waals surface area contributed by atoms with Gasteiger partial charge in [-0.25, -0.2) is 29.3 Å². The van der Waals surface area contributed by atoms with E-state index < -0.39 is 123 Å². The number of ether oxygens (including phenoxy) is 5. The van der Waals surface area contributed by atoms with E-state index >= 15 is 0 Å². The Hall–Kier alpha value is -7.74. The summed E-state index contributed by atoms with van der Waals surface area (Å²) in [5.74, 6) is -1.68. The van der Waals surface area contributed by atoms with Crippen molar-refractivity contribution in [3.05, 3.63) is 91.5 Å². The maximum Gasteiger partial charge on any atom is 0.240 e. The maximum absolute atomic E-state index is 14.4. The first-order chi connectivity index (χ1) is 43.9. The monoisotopic (exact) mass is 1270 g/mol. The topological polar surface area (TPSA) is 480 Å². The lowest BCUT2D eigenvalue weighted by Gasteiger charge is -2.35. The van der Waals surface area contributed by atoms with Crippen molar-refractivity contribution < 1.29 is 73.1 Å². The third-order valence-corrected chi connectivity index (χ3v) is 15.8. The average Bonchev–Trinajstić information content (AvgIpc) is 1.64. The second kappa shape index (κ2) is 32.0. The number of carbonyl (C=O) groups is 3. The number of hydrogen-bond acceptors (Lipinski definition) is 26. The number of aromatic nitrogens is 9. The summed E-state index contributed by atoms with van der Waals surface area (Å²) in [5.41, 5.74) is 34.0. The fourth-order valence-corrected chi connectivity index (χ4v) is 11.2. The van der Waals surface area contributed by atoms with Gasteiger partial charge in [0, 0.05) is 38.4 Å². The number of fused-ring (bicyclic) bond motifs is 3. The molecule has 15 atom stereocenters. The Labute approximate surface area is 522 Å². The number of carbonyl (C=O) groups excluding carboxylic acids is 3. The first-order valence-corrected chi connectivity index (χ1v) is 29.8. The predicted molar refractivity (Wildman–Crippen MR) is 327 cm³/mol. The molecule has 10 rings (SSSR count). The summed E-state index contributed by atoms with van der Waals surface area (Å²) in [7, 11) is 1.51. The van der Waals surface area contributed by atoms with Gasteiger partial charge in [0.15, 0.2) is 30.0 Å². The second-order valence-electron chi connectivity index (χ2n) is 22.1. The summed E-state index contributed by atoms with van der Waals surface area (Å²) in [6, 6.07) is 4.80. The summed E-state index contributed by atoms with van der Waals surface area (Å²) in [6.07, 6.45) is 5.51. The first-order valence-electron chi connectivity index (χ1n) is 29.8. The van der Waals surface area contributed by atoms with Crippen LogP contribution < -0.4 is 44.6 Å². The normalized spacial score (nSPS) is 24.8. The van der Waals surface area contributed by atoms with Crippen molar-refractivity contribution in [2.75, 3.05) is 57.7 Å². The molecule has 32 nitrogen and oxygen atoms in total. The Morgan fingerprint density at radius 1 is 0.659 bits per heavy atom. The quantitative estimate of drug-likeness (QED) is 0.0183. The van der Waals surface area contributed by atoms with E-state index in [2.05, 4.69) is 45.9 Å². The van der Waals surface area contributed by atoms with Gasteiger partial charge in [0.05, 0.1) is 80.7 Å². The number of amides is 3. The van der Waals surface area contributed by atoms with E-state index in [9.17, 15) is 49.4 Å². The van der Waals surface area contributed by atoms with Crippen LogP contribution in [0, 0.1) is 5.82 Å². The number of methoxy groups -OCH3 is 1. The SMILES string of the molecule is CCCC(N)C(=O)N(Cc1cccnc1)[C@H]1C(O)[C@@H](CO)O[C@H]1n1cnc2c(N)ccnc21.CCCC(N)C(=O)N[C@H]1C(O)[C@@H](CO)O[C@H]1n1cnc2c(N)ccc(F)c21.CCCC(NCOCOC)C(=O)N[C@H]1C(O)[C@@H](CO)O[C@H]1n1cnc2c(N)ccnc21. The van der Waals surface area contributed by atoms with Gasteiger partial charge in [-0.05, 0) is 55.2 Å². The number of anilines is 3. The molecule has 6 aromatic heterocycles. The Bertz CT molecular complexity index is 3500. The third-order valence-electron chi connectivity index (χ3n) is 15.8. The van der Waals surface area contributed by atoms with E-state index in [0.717, 1.165) is 24.8 Å². The van der Waals surface area contributed by atoms with Gasteiger partial charge >= 0.3 is 0 Å². The lowest BCUT2D eigenvalue weighted by molar-refractivity contribution is -0.140. The zero-order chi connectivity index (χ0) is 65.6. The van der Waals surface area contributed by atoms with Gasteiger partial charge in [-0.3, -0.25) is 38.4 Å². The molecule has 7 aromatic rings. The van der Waals surface area contributed by atoms with Crippen LogP contribution in [0.4, 0.5) is 21.5 Å². The number of imidazole rings is 3. The van der Waals surface area contributed by atoms with Crippen molar-refractivity contribution in [2.45, 2.75) is 157 Å². The van der Waals surface area contributed by atoms with Crippen LogP contribution in [0.3, 0.4) is 0 Å². The molecule has 1 aromatic carbocycles. The molecular weight excluding hydrogens is 1190 g/mol. The molecule has 496 valence electrons. The summed E-state index contributed by atoms with van der Waals surface area (Å²) < 4.78 is 46.6. The summed E-state index contributed by atoms with van der Waals surface area (Å²) in [6.45, 7) is 4.90. The van der Waals surface area contributed by atoms with Crippen molar-refractivity contribution in [1.82, 2.24) is 64.5 Å². The van der Waals surface area contributed by atoms with Gasteiger partial charge in [-0.2, -0.15) is 0 Å². The van der Waals surface area contributed by atoms with Crippen molar-refractivity contribution in [2.24, 2.45) is 11.5 Å². The molecule has 0 radical (unpaired) electrons. The van der Waals surface area contributed by atoms with E-state index in [1.807, 2.05) is 26.8 Å². The molecule has 33 heteroatoms. The Balaban J connectivity index is 0.000000177. The van der Waals surface area contributed by atoms with Crippen LogP contribution in [-0.4, -0.2) is 210 Å².